The minimum Gasteiger partial charge on any atom is -0.480 e. The lowest BCUT2D eigenvalue weighted by Crippen LogP contribution is -2.52. The second-order valence-corrected chi connectivity index (χ2v) is 5.51. The molecule has 1 aliphatic heterocycles. The second kappa shape index (κ2) is 7.10. The molecule has 1 aliphatic rings. The zero-order valence-corrected chi connectivity index (χ0v) is 12.0. The number of likely N-dealkylation sites (N-methyl/N-ethyl adjacent to an activating group) is 1. The van der Waals surface area contributed by atoms with Crippen LogP contribution in [-0.2, 0) is 4.79 Å². The van der Waals surface area contributed by atoms with Crippen molar-refractivity contribution in [2.45, 2.75) is 64.5 Å². The minimum absolute atomic E-state index is 0.651. The second-order valence-electron chi connectivity index (χ2n) is 5.51. The van der Waals surface area contributed by atoms with E-state index in [2.05, 4.69) is 17.1 Å². The minimum atomic E-state index is -0.787. The topological polar surface area (TPSA) is 52.6 Å². The maximum Gasteiger partial charge on any atom is 0.323 e. The van der Waals surface area contributed by atoms with E-state index in [-0.39, 0.29) is 0 Å². The maximum atomic E-state index is 11.4. The molecule has 1 rings (SSSR count). The Kier molecular flexibility index (Phi) is 6.09. The first kappa shape index (κ1) is 15.4. The average molecular weight is 256 g/mol. The van der Waals surface area contributed by atoms with E-state index in [1.54, 1.807) is 6.92 Å². The van der Waals surface area contributed by atoms with E-state index in [1.807, 2.05) is 6.92 Å². The molecule has 1 fully saturated rings. The normalized spacial score (nSPS) is 24.7. The Balaban J connectivity index is 2.52. The van der Waals surface area contributed by atoms with Gasteiger partial charge < -0.3 is 15.3 Å². The van der Waals surface area contributed by atoms with Crippen LogP contribution in [-0.4, -0.2) is 47.2 Å². The number of likely N-dealkylation sites (tertiary alicyclic amines) is 1. The van der Waals surface area contributed by atoms with Gasteiger partial charge >= 0.3 is 5.97 Å². The molecule has 18 heavy (non-hydrogen) atoms. The SMILES string of the molecule is CCNC(C)(CCN1CCCCC1CC)C(=O)O. The molecule has 0 radical (unpaired) electrons. The summed E-state index contributed by atoms with van der Waals surface area (Å²) in [5.41, 5.74) is -0.787. The number of carboxylic acid groups (broad SMARTS) is 1. The highest BCUT2D eigenvalue weighted by Gasteiger charge is 2.33. The number of piperidine rings is 1. The van der Waals surface area contributed by atoms with Crippen LogP contribution in [0.25, 0.3) is 0 Å². The van der Waals surface area contributed by atoms with Crippen molar-refractivity contribution in [2.24, 2.45) is 0 Å². The molecule has 4 nitrogen and oxygen atoms in total. The number of rotatable bonds is 7. The average Bonchev–Trinajstić information content (AvgIpc) is 2.37. The Morgan fingerprint density at radius 2 is 2.17 bits per heavy atom. The van der Waals surface area contributed by atoms with Gasteiger partial charge in [-0.2, -0.15) is 0 Å². The number of hydrogen-bond acceptors (Lipinski definition) is 3. The summed E-state index contributed by atoms with van der Waals surface area (Å²) in [4.78, 5) is 13.8. The third-order valence-corrected chi connectivity index (χ3v) is 4.16. The van der Waals surface area contributed by atoms with Crippen LogP contribution in [0.15, 0.2) is 0 Å². The first-order valence-corrected chi connectivity index (χ1v) is 7.26. The fourth-order valence-corrected chi connectivity index (χ4v) is 2.85. The van der Waals surface area contributed by atoms with Crippen LogP contribution in [0.1, 0.15) is 52.9 Å². The molecule has 106 valence electrons. The zero-order valence-electron chi connectivity index (χ0n) is 12.0. The Morgan fingerprint density at radius 3 is 2.72 bits per heavy atom. The number of nitrogens with zero attached hydrogens (tertiary/aromatic N) is 1. The number of nitrogens with one attached hydrogen (secondary N) is 1. The van der Waals surface area contributed by atoms with Crippen molar-refractivity contribution in [3.8, 4) is 0 Å². The molecule has 1 saturated heterocycles. The van der Waals surface area contributed by atoms with E-state index in [4.69, 9.17) is 0 Å². The molecular weight excluding hydrogens is 228 g/mol. The molecule has 0 saturated carbocycles. The Labute approximate surface area is 111 Å². The molecule has 0 aromatic carbocycles. The molecule has 0 aliphatic carbocycles. The summed E-state index contributed by atoms with van der Waals surface area (Å²) in [6.45, 7) is 8.68. The van der Waals surface area contributed by atoms with Gasteiger partial charge in [0.2, 0.25) is 0 Å². The Hall–Kier alpha value is -0.610. The molecule has 0 amide bonds. The number of carbonyl (C=O) groups is 1. The molecule has 0 aromatic rings. The van der Waals surface area contributed by atoms with E-state index < -0.39 is 11.5 Å². The van der Waals surface area contributed by atoms with Crippen molar-refractivity contribution in [1.29, 1.82) is 0 Å². The third-order valence-electron chi connectivity index (χ3n) is 4.16. The van der Waals surface area contributed by atoms with Crippen molar-refractivity contribution >= 4 is 5.97 Å². The Morgan fingerprint density at radius 1 is 1.44 bits per heavy atom. The first-order valence-electron chi connectivity index (χ1n) is 7.26. The quantitative estimate of drug-likeness (QED) is 0.732. The van der Waals surface area contributed by atoms with E-state index >= 15 is 0 Å². The predicted octanol–water partition coefficient (Wildman–Crippen LogP) is 2.09. The lowest BCUT2D eigenvalue weighted by molar-refractivity contribution is -0.144. The van der Waals surface area contributed by atoms with Gasteiger partial charge in [-0.25, -0.2) is 0 Å². The van der Waals surface area contributed by atoms with Gasteiger partial charge in [-0.05, 0) is 45.7 Å². The summed E-state index contributed by atoms with van der Waals surface area (Å²) in [7, 11) is 0. The van der Waals surface area contributed by atoms with Crippen molar-refractivity contribution < 1.29 is 9.90 Å². The lowest BCUT2D eigenvalue weighted by Gasteiger charge is -2.37. The third kappa shape index (κ3) is 3.95. The van der Waals surface area contributed by atoms with Gasteiger partial charge in [0.15, 0.2) is 0 Å². The summed E-state index contributed by atoms with van der Waals surface area (Å²) in [5.74, 6) is -0.741. The molecule has 0 aromatic heterocycles. The fraction of sp³-hybridized carbons (Fsp3) is 0.929. The molecule has 4 heteroatoms. The molecule has 2 N–H and O–H groups in total. The van der Waals surface area contributed by atoms with Gasteiger partial charge in [-0.3, -0.25) is 4.79 Å². The van der Waals surface area contributed by atoms with Crippen LogP contribution in [0, 0.1) is 0 Å². The van der Waals surface area contributed by atoms with Crippen molar-refractivity contribution in [2.75, 3.05) is 19.6 Å². The molecular formula is C14H28N2O2. The highest BCUT2D eigenvalue weighted by molar-refractivity contribution is 5.78. The lowest BCUT2D eigenvalue weighted by atomic mass is 9.94. The van der Waals surface area contributed by atoms with E-state index in [0.717, 1.165) is 13.1 Å². The van der Waals surface area contributed by atoms with Gasteiger partial charge in [0.05, 0.1) is 0 Å². The van der Waals surface area contributed by atoms with Crippen molar-refractivity contribution in [1.82, 2.24) is 10.2 Å². The summed E-state index contributed by atoms with van der Waals surface area (Å²) in [6, 6.07) is 0.651. The molecule has 0 spiro atoms. The standard InChI is InChI=1S/C14H28N2O2/c1-4-12-8-6-7-10-16(12)11-9-14(3,13(17)18)15-5-2/h12,15H,4-11H2,1-3H3,(H,17,18). The van der Waals surface area contributed by atoms with Crippen LogP contribution in [0.2, 0.25) is 0 Å². The summed E-state index contributed by atoms with van der Waals surface area (Å²) in [5, 5.41) is 12.4. The maximum absolute atomic E-state index is 11.4. The summed E-state index contributed by atoms with van der Waals surface area (Å²) in [6.07, 6.45) is 5.68. The molecule has 2 unspecified atom stereocenters. The summed E-state index contributed by atoms with van der Waals surface area (Å²) < 4.78 is 0. The molecule has 2 atom stereocenters. The molecule has 1 heterocycles. The van der Waals surface area contributed by atoms with E-state index in [0.29, 0.717) is 19.0 Å². The van der Waals surface area contributed by atoms with Crippen LogP contribution in [0.5, 0.6) is 0 Å². The smallest absolute Gasteiger partial charge is 0.323 e. The monoisotopic (exact) mass is 256 g/mol. The fourth-order valence-electron chi connectivity index (χ4n) is 2.85. The molecule has 0 bridgehead atoms. The van der Waals surface area contributed by atoms with Gasteiger partial charge in [0.1, 0.15) is 5.54 Å². The van der Waals surface area contributed by atoms with Gasteiger partial charge in [0, 0.05) is 12.6 Å². The van der Waals surface area contributed by atoms with Crippen LogP contribution in [0.4, 0.5) is 0 Å². The predicted molar refractivity (Wildman–Crippen MR) is 73.8 cm³/mol. The van der Waals surface area contributed by atoms with E-state index in [1.165, 1.54) is 25.7 Å². The van der Waals surface area contributed by atoms with Gasteiger partial charge in [0.25, 0.3) is 0 Å². The van der Waals surface area contributed by atoms with Gasteiger partial charge in [-0.1, -0.05) is 20.3 Å². The van der Waals surface area contributed by atoms with Crippen LogP contribution >= 0.6 is 0 Å². The highest BCUT2D eigenvalue weighted by atomic mass is 16.4. The largest absolute Gasteiger partial charge is 0.480 e. The Bertz CT molecular complexity index is 271. The number of carboxylic acids is 1. The first-order chi connectivity index (χ1) is 8.53. The van der Waals surface area contributed by atoms with E-state index in [9.17, 15) is 9.90 Å². The highest BCUT2D eigenvalue weighted by Crippen LogP contribution is 2.21. The van der Waals surface area contributed by atoms with Crippen LogP contribution < -0.4 is 5.32 Å². The van der Waals surface area contributed by atoms with Crippen molar-refractivity contribution in [3.05, 3.63) is 0 Å². The zero-order chi connectivity index (χ0) is 13.6. The van der Waals surface area contributed by atoms with Gasteiger partial charge in [-0.15, -0.1) is 0 Å². The van der Waals surface area contributed by atoms with Crippen molar-refractivity contribution in [3.63, 3.8) is 0 Å². The number of hydrogen-bond donors (Lipinski definition) is 2. The van der Waals surface area contributed by atoms with Crippen LogP contribution in [0.3, 0.4) is 0 Å². The summed E-state index contributed by atoms with van der Waals surface area (Å²) >= 11 is 0. The number of aliphatic carboxylic acids is 1.